The van der Waals surface area contributed by atoms with Gasteiger partial charge in [-0.2, -0.15) is 7.88 Å². The highest BCUT2D eigenvalue weighted by atomic mass is 35.5. The third kappa shape index (κ3) is 3.49. The van der Waals surface area contributed by atoms with E-state index in [0.717, 1.165) is 7.88 Å². The first-order chi connectivity index (χ1) is 9.49. The molecule has 0 spiro atoms. The number of hydrogen-bond acceptors (Lipinski definition) is 3. The predicted octanol–water partition coefficient (Wildman–Crippen LogP) is 5.15. The fraction of sp³-hybridized carbons (Fsp3) is 0. The van der Waals surface area contributed by atoms with Gasteiger partial charge >= 0.3 is 0 Å². The number of ketones is 1. The van der Waals surface area contributed by atoms with Gasteiger partial charge in [0.2, 0.25) is 0 Å². The summed E-state index contributed by atoms with van der Waals surface area (Å²) in [5.74, 6) is -0.116. The summed E-state index contributed by atoms with van der Waals surface area (Å²) in [6, 6.07) is 13.2. The summed E-state index contributed by atoms with van der Waals surface area (Å²) in [6.45, 7) is 0. The van der Waals surface area contributed by atoms with E-state index in [1.54, 1.807) is 48.5 Å². The summed E-state index contributed by atoms with van der Waals surface area (Å²) in [7, 11) is 0. The van der Waals surface area contributed by atoms with Crippen molar-refractivity contribution in [1.82, 2.24) is 0 Å². The fourth-order valence-corrected chi connectivity index (χ4v) is 2.07. The third-order valence-electron chi connectivity index (χ3n) is 2.65. The van der Waals surface area contributed by atoms with Crippen LogP contribution in [0.5, 0.6) is 0 Å². The molecule has 0 radical (unpaired) electrons. The minimum absolute atomic E-state index is 0.116. The summed E-state index contributed by atoms with van der Waals surface area (Å²) in [4.78, 5) is 12.2. The molecular formula is C13H8Cl4N2O. The van der Waals surface area contributed by atoms with E-state index in [1.807, 2.05) is 0 Å². The maximum atomic E-state index is 12.2. The zero-order valence-electron chi connectivity index (χ0n) is 9.93. The van der Waals surface area contributed by atoms with Gasteiger partial charge in [0.25, 0.3) is 0 Å². The molecule has 104 valence electrons. The van der Waals surface area contributed by atoms with Crippen molar-refractivity contribution in [1.29, 1.82) is 0 Å². The van der Waals surface area contributed by atoms with Crippen LogP contribution in [0.2, 0.25) is 0 Å². The van der Waals surface area contributed by atoms with Gasteiger partial charge in [-0.3, -0.25) is 4.79 Å². The van der Waals surface area contributed by atoms with Crippen molar-refractivity contribution in [3.05, 3.63) is 59.7 Å². The number of halogens is 4. The van der Waals surface area contributed by atoms with Gasteiger partial charge < -0.3 is 0 Å². The molecule has 0 fully saturated rings. The van der Waals surface area contributed by atoms with Gasteiger partial charge in [0.05, 0.1) is 11.4 Å². The van der Waals surface area contributed by atoms with Crippen molar-refractivity contribution < 1.29 is 4.79 Å². The average molecular weight is 350 g/mol. The minimum Gasteiger partial charge on any atom is -0.289 e. The minimum atomic E-state index is -0.116. The van der Waals surface area contributed by atoms with E-state index in [0.29, 0.717) is 22.5 Å². The summed E-state index contributed by atoms with van der Waals surface area (Å²) in [5, 5.41) is 0. The van der Waals surface area contributed by atoms with E-state index in [9.17, 15) is 4.79 Å². The lowest BCUT2D eigenvalue weighted by molar-refractivity contribution is 0.103. The van der Waals surface area contributed by atoms with Gasteiger partial charge in [0, 0.05) is 58.2 Å². The molecule has 0 heterocycles. The van der Waals surface area contributed by atoms with Crippen molar-refractivity contribution in [2.45, 2.75) is 0 Å². The number of carbonyl (C=O) groups excluding carboxylic acids is 1. The standard InChI is InChI=1S/C13H8Cl4N2O/c14-18(15)11-5-1-9(2-6-11)13(20)10-3-7-12(8-4-10)19(16)17/h1-8H. The predicted molar refractivity (Wildman–Crippen MR) is 84.7 cm³/mol. The Bertz CT molecular complexity index is 543. The van der Waals surface area contributed by atoms with E-state index in [4.69, 9.17) is 47.1 Å². The first kappa shape index (κ1) is 15.3. The van der Waals surface area contributed by atoms with Gasteiger partial charge in [-0.05, 0) is 48.5 Å². The lowest BCUT2D eigenvalue weighted by Crippen LogP contribution is -2.02. The van der Waals surface area contributed by atoms with E-state index in [-0.39, 0.29) is 5.78 Å². The van der Waals surface area contributed by atoms with Crippen LogP contribution in [0.15, 0.2) is 48.5 Å². The molecule has 0 saturated heterocycles. The molecular weight excluding hydrogens is 342 g/mol. The highest BCUT2D eigenvalue weighted by Crippen LogP contribution is 2.22. The Morgan fingerprint density at radius 3 is 1.20 bits per heavy atom. The summed E-state index contributed by atoms with van der Waals surface area (Å²) in [6.07, 6.45) is 0. The van der Waals surface area contributed by atoms with Crippen LogP contribution in [0.1, 0.15) is 15.9 Å². The molecule has 0 bridgehead atoms. The molecule has 7 heteroatoms. The van der Waals surface area contributed by atoms with Crippen LogP contribution in [0.4, 0.5) is 11.4 Å². The van der Waals surface area contributed by atoms with E-state index in [2.05, 4.69) is 0 Å². The van der Waals surface area contributed by atoms with Gasteiger partial charge in [0.15, 0.2) is 5.78 Å². The second kappa shape index (κ2) is 6.55. The Hall–Kier alpha value is -1.13. The number of rotatable bonds is 4. The molecule has 0 aromatic heterocycles. The normalized spacial score (nSPS) is 10.2. The molecule has 0 aliphatic carbocycles. The van der Waals surface area contributed by atoms with E-state index >= 15 is 0 Å². The molecule has 0 amide bonds. The highest BCUT2D eigenvalue weighted by Gasteiger charge is 2.10. The topological polar surface area (TPSA) is 23.6 Å². The molecule has 2 aromatic carbocycles. The van der Waals surface area contributed by atoms with Crippen LogP contribution < -0.4 is 7.88 Å². The Balaban J connectivity index is 2.22. The zero-order valence-corrected chi connectivity index (χ0v) is 13.0. The van der Waals surface area contributed by atoms with Gasteiger partial charge in [-0.15, -0.1) is 0 Å². The zero-order chi connectivity index (χ0) is 14.7. The first-order valence-corrected chi connectivity index (χ1v) is 6.82. The lowest BCUT2D eigenvalue weighted by Gasteiger charge is -2.08. The smallest absolute Gasteiger partial charge is 0.193 e. The van der Waals surface area contributed by atoms with Crippen LogP contribution in [-0.4, -0.2) is 5.78 Å². The SMILES string of the molecule is O=C(c1ccc(N(Cl)Cl)cc1)c1ccc(N(Cl)Cl)cc1. The van der Waals surface area contributed by atoms with Crippen LogP contribution >= 0.6 is 47.1 Å². The fourth-order valence-electron chi connectivity index (χ4n) is 1.62. The Labute approximate surface area is 136 Å². The molecule has 3 nitrogen and oxygen atoms in total. The molecule has 0 atom stereocenters. The third-order valence-corrected chi connectivity index (χ3v) is 3.43. The van der Waals surface area contributed by atoms with Crippen molar-refractivity contribution in [3.8, 4) is 0 Å². The number of hydrogen-bond donors (Lipinski definition) is 0. The molecule has 0 saturated carbocycles. The molecule has 2 rings (SSSR count). The summed E-state index contributed by atoms with van der Waals surface area (Å²) >= 11 is 22.3. The number of nitrogens with zero attached hydrogens (tertiary/aromatic N) is 2. The average Bonchev–Trinajstić information content (AvgIpc) is 2.46. The number of anilines is 2. The van der Waals surface area contributed by atoms with Crippen LogP contribution in [0.3, 0.4) is 0 Å². The van der Waals surface area contributed by atoms with Crippen molar-refractivity contribution in [2.24, 2.45) is 0 Å². The van der Waals surface area contributed by atoms with Gasteiger partial charge in [0.1, 0.15) is 0 Å². The largest absolute Gasteiger partial charge is 0.289 e. The quantitative estimate of drug-likeness (QED) is 0.563. The number of carbonyl (C=O) groups is 1. The highest BCUT2D eigenvalue weighted by molar-refractivity contribution is 6.49. The second-order valence-electron chi connectivity index (χ2n) is 3.89. The Morgan fingerprint density at radius 1 is 0.650 bits per heavy atom. The second-order valence-corrected chi connectivity index (χ2v) is 5.59. The molecule has 20 heavy (non-hydrogen) atoms. The van der Waals surface area contributed by atoms with Crippen LogP contribution in [0, 0.1) is 0 Å². The Morgan fingerprint density at radius 2 is 0.950 bits per heavy atom. The first-order valence-electron chi connectivity index (χ1n) is 5.47. The summed E-state index contributed by atoms with van der Waals surface area (Å²) in [5.41, 5.74) is 2.23. The number of benzene rings is 2. The maximum Gasteiger partial charge on any atom is 0.193 e. The van der Waals surface area contributed by atoms with Gasteiger partial charge in [-0.25, -0.2) is 0 Å². The molecule has 0 aliphatic heterocycles. The maximum absolute atomic E-state index is 12.2. The van der Waals surface area contributed by atoms with E-state index < -0.39 is 0 Å². The summed E-state index contributed by atoms with van der Waals surface area (Å²) < 4.78 is 1.86. The molecule has 0 N–H and O–H groups in total. The molecule has 0 aliphatic rings. The van der Waals surface area contributed by atoms with Crippen LogP contribution in [0.25, 0.3) is 0 Å². The van der Waals surface area contributed by atoms with Crippen molar-refractivity contribution in [2.75, 3.05) is 7.88 Å². The molecule has 0 unspecified atom stereocenters. The van der Waals surface area contributed by atoms with Gasteiger partial charge in [-0.1, -0.05) is 0 Å². The van der Waals surface area contributed by atoms with Crippen LogP contribution in [-0.2, 0) is 0 Å². The monoisotopic (exact) mass is 348 g/mol. The van der Waals surface area contributed by atoms with Crippen molar-refractivity contribution >= 4 is 64.3 Å². The van der Waals surface area contributed by atoms with E-state index in [1.165, 1.54) is 0 Å². The lowest BCUT2D eigenvalue weighted by atomic mass is 10.0. The molecule has 2 aromatic rings. The Kier molecular flexibility index (Phi) is 5.00. The van der Waals surface area contributed by atoms with Crippen molar-refractivity contribution in [3.63, 3.8) is 0 Å².